The molecule has 1 fully saturated rings. The summed E-state index contributed by atoms with van der Waals surface area (Å²) in [5, 5.41) is 3.20. The SMILES string of the molecule is CNC1CCC1.Cl. The molecule has 0 heterocycles. The Bertz CT molecular complexity index is 40.6. The van der Waals surface area contributed by atoms with Crippen molar-refractivity contribution in [2.45, 2.75) is 25.3 Å². The predicted octanol–water partition coefficient (Wildman–Crippen LogP) is 1.18. The zero-order valence-electron chi connectivity index (χ0n) is 4.61. The zero-order chi connectivity index (χ0) is 4.41. The van der Waals surface area contributed by atoms with Gasteiger partial charge >= 0.3 is 0 Å². The molecule has 1 aliphatic carbocycles. The molecule has 2 heteroatoms. The monoisotopic (exact) mass is 121 g/mol. The van der Waals surface area contributed by atoms with E-state index in [0.29, 0.717) is 0 Å². The molecule has 7 heavy (non-hydrogen) atoms. The summed E-state index contributed by atoms with van der Waals surface area (Å²) in [5.74, 6) is 0. The van der Waals surface area contributed by atoms with Crippen LogP contribution in [0.25, 0.3) is 0 Å². The van der Waals surface area contributed by atoms with Gasteiger partial charge in [0.05, 0.1) is 0 Å². The molecule has 44 valence electrons. The van der Waals surface area contributed by atoms with Gasteiger partial charge in [0.25, 0.3) is 0 Å². The number of nitrogens with one attached hydrogen (secondary N) is 1. The summed E-state index contributed by atoms with van der Waals surface area (Å²) in [5.41, 5.74) is 0. The van der Waals surface area contributed by atoms with Crippen LogP contribution >= 0.6 is 12.4 Å². The Balaban J connectivity index is 0.000000360. The molecule has 0 unspecified atom stereocenters. The van der Waals surface area contributed by atoms with E-state index in [1.807, 2.05) is 7.05 Å². The second-order valence-electron chi connectivity index (χ2n) is 1.92. The predicted molar refractivity (Wildman–Crippen MR) is 33.9 cm³/mol. The molecule has 0 aliphatic heterocycles. The van der Waals surface area contributed by atoms with Crippen LogP contribution in [0.5, 0.6) is 0 Å². The highest BCUT2D eigenvalue weighted by molar-refractivity contribution is 5.85. The quantitative estimate of drug-likeness (QED) is 0.550. The van der Waals surface area contributed by atoms with Crippen molar-refractivity contribution in [2.24, 2.45) is 0 Å². The summed E-state index contributed by atoms with van der Waals surface area (Å²) in [6.07, 6.45) is 4.23. The zero-order valence-corrected chi connectivity index (χ0v) is 5.42. The van der Waals surface area contributed by atoms with Crippen molar-refractivity contribution in [3.05, 3.63) is 0 Å². The molecule has 1 aliphatic rings. The van der Waals surface area contributed by atoms with E-state index in [9.17, 15) is 0 Å². The highest BCUT2D eigenvalue weighted by Gasteiger charge is 2.13. The number of rotatable bonds is 1. The Morgan fingerprint density at radius 2 is 2.00 bits per heavy atom. The molecule has 0 bridgehead atoms. The van der Waals surface area contributed by atoms with E-state index < -0.39 is 0 Å². The van der Waals surface area contributed by atoms with E-state index >= 15 is 0 Å². The maximum absolute atomic E-state index is 3.20. The van der Waals surface area contributed by atoms with Crippen molar-refractivity contribution in [3.63, 3.8) is 0 Å². The van der Waals surface area contributed by atoms with E-state index in [4.69, 9.17) is 0 Å². The van der Waals surface area contributed by atoms with Crippen LogP contribution in [0.2, 0.25) is 0 Å². The van der Waals surface area contributed by atoms with E-state index in [0.717, 1.165) is 6.04 Å². The lowest BCUT2D eigenvalue weighted by Crippen LogP contribution is -2.31. The first-order valence-electron chi connectivity index (χ1n) is 2.61. The minimum absolute atomic E-state index is 0. The highest BCUT2D eigenvalue weighted by Crippen LogP contribution is 2.16. The molecule has 1 nitrogen and oxygen atoms in total. The Labute approximate surface area is 50.9 Å². The Morgan fingerprint density at radius 3 is 2.00 bits per heavy atom. The van der Waals surface area contributed by atoms with Gasteiger partial charge in [-0.1, -0.05) is 6.42 Å². The van der Waals surface area contributed by atoms with Gasteiger partial charge in [-0.05, 0) is 19.9 Å². The Kier molecular flexibility index (Phi) is 3.39. The van der Waals surface area contributed by atoms with Gasteiger partial charge in [0.15, 0.2) is 0 Å². The normalized spacial score (nSPS) is 20.1. The first-order chi connectivity index (χ1) is 2.93. The van der Waals surface area contributed by atoms with Crippen LogP contribution in [-0.2, 0) is 0 Å². The van der Waals surface area contributed by atoms with Gasteiger partial charge in [-0.3, -0.25) is 0 Å². The van der Waals surface area contributed by atoms with Gasteiger partial charge in [0, 0.05) is 6.04 Å². The van der Waals surface area contributed by atoms with Gasteiger partial charge in [0.1, 0.15) is 0 Å². The summed E-state index contributed by atoms with van der Waals surface area (Å²) in [6, 6.07) is 0.866. The average molecular weight is 122 g/mol. The van der Waals surface area contributed by atoms with Gasteiger partial charge in [-0.15, -0.1) is 12.4 Å². The average Bonchev–Trinajstić information content (AvgIpc) is 1.31. The smallest absolute Gasteiger partial charge is 0.00640 e. The third kappa shape index (κ3) is 1.66. The molecule has 1 N–H and O–H groups in total. The standard InChI is InChI=1S/C5H11N.ClH/c1-6-5-3-2-4-5;/h5-6H,2-4H2,1H3;1H. The fourth-order valence-electron chi connectivity index (χ4n) is 0.697. The first kappa shape index (κ1) is 7.25. The van der Waals surface area contributed by atoms with Crippen molar-refractivity contribution in [3.8, 4) is 0 Å². The molecule has 0 atom stereocenters. The van der Waals surface area contributed by atoms with Crippen LogP contribution in [0.1, 0.15) is 19.3 Å². The molecule has 0 aromatic rings. The van der Waals surface area contributed by atoms with Gasteiger partial charge in [0.2, 0.25) is 0 Å². The summed E-state index contributed by atoms with van der Waals surface area (Å²) >= 11 is 0. The van der Waals surface area contributed by atoms with E-state index in [-0.39, 0.29) is 12.4 Å². The highest BCUT2D eigenvalue weighted by atomic mass is 35.5. The van der Waals surface area contributed by atoms with Crippen LogP contribution in [0.15, 0.2) is 0 Å². The lowest BCUT2D eigenvalue weighted by Gasteiger charge is -2.23. The van der Waals surface area contributed by atoms with Crippen LogP contribution in [-0.4, -0.2) is 13.1 Å². The molecule has 0 radical (unpaired) electrons. The third-order valence-electron chi connectivity index (χ3n) is 1.51. The molecule has 0 amide bonds. The summed E-state index contributed by atoms with van der Waals surface area (Å²) < 4.78 is 0. The molecule has 0 spiro atoms. The number of hydrogen-bond acceptors (Lipinski definition) is 1. The molecule has 0 aromatic heterocycles. The third-order valence-corrected chi connectivity index (χ3v) is 1.51. The topological polar surface area (TPSA) is 12.0 Å². The van der Waals surface area contributed by atoms with Crippen LogP contribution in [0, 0.1) is 0 Å². The van der Waals surface area contributed by atoms with Crippen molar-refractivity contribution in [2.75, 3.05) is 7.05 Å². The minimum atomic E-state index is 0. The van der Waals surface area contributed by atoms with Gasteiger partial charge in [-0.2, -0.15) is 0 Å². The van der Waals surface area contributed by atoms with E-state index in [1.54, 1.807) is 0 Å². The molecule has 0 aromatic carbocycles. The molecular weight excluding hydrogens is 110 g/mol. The van der Waals surface area contributed by atoms with Crippen molar-refractivity contribution in [1.29, 1.82) is 0 Å². The number of hydrogen-bond donors (Lipinski definition) is 1. The van der Waals surface area contributed by atoms with Gasteiger partial charge in [-0.25, -0.2) is 0 Å². The molecule has 1 rings (SSSR count). The van der Waals surface area contributed by atoms with Crippen molar-refractivity contribution in [1.82, 2.24) is 5.32 Å². The fourth-order valence-corrected chi connectivity index (χ4v) is 0.697. The second-order valence-corrected chi connectivity index (χ2v) is 1.92. The summed E-state index contributed by atoms with van der Waals surface area (Å²) in [6.45, 7) is 0. The van der Waals surface area contributed by atoms with E-state index in [2.05, 4.69) is 5.32 Å². The Morgan fingerprint density at radius 1 is 1.43 bits per heavy atom. The summed E-state index contributed by atoms with van der Waals surface area (Å²) in [4.78, 5) is 0. The second kappa shape index (κ2) is 3.28. The maximum Gasteiger partial charge on any atom is 0.00640 e. The van der Waals surface area contributed by atoms with Crippen LogP contribution < -0.4 is 5.32 Å². The van der Waals surface area contributed by atoms with Crippen molar-refractivity contribution >= 4 is 12.4 Å². The molecule has 1 saturated carbocycles. The first-order valence-corrected chi connectivity index (χ1v) is 2.61. The molecular formula is C5H12ClN. The lowest BCUT2D eigenvalue weighted by atomic mass is 9.94. The van der Waals surface area contributed by atoms with Gasteiger partial charge < -0.3 is 5.32 Å². The number of halogens is 1. The van der Waals surface area contributed by atoms with E-state index in [1.165, 1.54) is 19.3 Å². The van der Waals surface area contributed by atoms with Crippen LogP contribution in [0.3, 0.4) is 0 Å². The van der Waals surface area contributed by atoms with Crippen molar-refractivity contribution < 1.29 is 0 Å². The summed E-state index contributed by atoms with van der Waals surface area (Å²) in [7, 11) is 2.03. The maximum atomic E-state index is 3.20. The largest absolute Gasteiger partial charge is 0.317 e. The lowest BCUT2D eigenvalue weighted by molar-refractivity contribution is 0.361. The van der Waals surface area contributed by atoms with Crippen LogP contribution in [0.4, 0.5) is 0 Å². The molecule has 0 saturated heterocycles. The fraction of sp³-hybridized carbons (Fsp3) is 1.00. The minimum Gasteiger partial charge on any atom is -0.317 e. The Hall–Kier alpha value is 0.250.